The first kappa shape index (κ1) is 12.3. The first-order chi connectivity index (χ1) is 7.39. The largest absolute Gasteiger partial charge is 0.329 e. The number of piperazine rings is 1. The van der Waals surface area contributed by atoms with Crippen LogP contribution in [0, 0.1) is 5.92 Å². The van der Waals surface area contributed by atoms with Crippen molar-refractivity contribution in [1.82, 2.24) is 9.80 Å². The third kappa shape index (κ3) is 1.89. The fourth-order valence-electron chi connectivity index (χ4n) is 3.44. The second-order valence-corrected chi connectivity index (χ2v) is 6.60. The van der Waals surface area contributed by atoms with Crippen LogP contribution in [0.15, 0.2) is 0 Å². The molecule has 0 atom stereocenters. The monoisotopic (exact) mass is 225 g/mol. The van der Waals surface area contributed by atoms with Crippen LogP contribution in [0.3, 0.4) is 0 Å². The van der Waals surface area contributed by atoms with E-state index in [0.29, 0.717) is 11.1 Å². The van der Waals surface area contributed by atoms with Crippen molar-refractivity contribution in [2.75, 3.05) is 33.2 Å². The predicted octanol–water partition coefficient (Wildman–Crippen LogP) is 1.14. The molecule has 2 N–H and O–H groups in total. The Bertz CT molecular complexity index is 256. The van der Waals surface area contributed by atoms with E-state index in [1.165, 1.54) is 25.9 Å². The molecule has 2 rings (SSSR count). The lowest BCUT2D eigenvalue weighted by atomic mass is 9.67. The molecule has 0 bridgehead atoms. The fraction of sp³-hybridized carbons (Fsp3) is 1.00. The van der Waals surface area contributed by atoms with Crippen LogP contribution in [0.5, 0.6) is 0 Å². The van der Waals surface area contributed by atoms with Crippen LogP contribution < -0.4 is 5.73 Å². The molecule has 2 aliphatic rings. The summed E-state index contributed by atoms with van der Waals surface area (Å²) >= 11 is 0. The van der Waals surface area contributed by atoms with Crippen molar-refractivity contribution in [3.63, 3.8) is 0 Å². The highest BCUT2D eigenvalue weighted by Crippen LogP contribution is 2.43. The third-order valence-electron chi connectivity index (χ3n) is 4.82. The summed E-state index contributed by atoms with van der Waals surface area (Å²) in [5, 5.41) is 0. The van der Waals surface area contributed by atoms with E-state index in [4.69, 9.17) is 5.73 Å². The van der Waals surface area contributed by atoms with E-state index in [9.17, 15) is 0 Å². The van der Waals surface area contributed by atoms with E-state index in [1.807, 2.05) is 0 Å². The summed E-state index contributed by atoms with van der Waals surface area (Å²) in [6.45, 7) is 11.4. The van der Waals surface area contributed by atoms with E-state index < -0.39 is 0 Å². The Morgan fingerprint density at radius 3 is 2.31 bits per heavy atom. The van der Waals surface area contributed by atoms with E-state index >= 15 is 0 Å². The smallest absolute Gasteiger partial charge is 0.0338 e. The normalized spacial score (nSPS) is 40.7. The third-order valence-corrected chi connectivity index (χ3v) is 4.82. The van der Waals surface area contributed by atoms with Crippen molar-refractivity contribution >= 4 is 0 Å². The first-order valence-electron chi connectivity index (χ1n) is 6.56. The number of nitrogens with two attached hydrogens (primary N) is 1. The van der Waals surface area contributed by atoms with Gasteiger partial charge in [-0.3, -0.25) is 9.80 Å². The Balaban J connectivity index is 2.05. The van der Waals surface area contributed by atoms with Crippen molar-refractivity contribution < 1.29 is 0 Å². The summed E-state index contributed by atoms with van der Waals surface area (Å²) < 4.78 is 0. The Kier molecular flexibility index (Phi) is 3.06. The molecule has 3 heteroatoms. The number of likely N-dealkylation sites (N-methyl/N-ethyl adjacent to an activating group) is 1. The molecule has 16 heavy (non-hydrogen) atoms. The molecule has 0 aromatic rings. The maximum absolute atomic E-state index is 6.03. The molecule has 0 aromatic carbocycles. The lowest BCUT2D eigenvalue weighted by Crippen LogP contribution is -2.69. The molecule has 1 heterocycles. The van der Waals surface area contributed by atoms with Gasteiger partial charge in [0.25, 0.3) is 0 Å². The molecule has 1 saturated carbocycles. The zero-order valence-electron chi connectivity index (χ0n) is 11.3. The molecule has 3 nitrogen and oxygen atoms in total. The second-order valence-electron chi connectivity index (χ2n) is 6.60. The molecule has 1 saturated heterocycles. The van der Waals surface area contributed by atoms with Crippen LogP contribution in [0.1, 0.15) is 33.6 Å². The maximum Gasteiger partial charge on any atom is 0.0338 e. The van der Waals surface area contributed by atoms with Crippen LogP contribution in [0.2, 0.25) is 0 Å². The lowest BCUT2D eigenvalue weighted by Gasteiger charge is -2.58. The lowest BCUT2D eigenvalue weighted by molar-refractivity contribution is -0.0735. The highest BCUT2D eigenvalue weighted by Gasteiger charge is 2.48. The second kappa shape index (κ2) is 3.97. The quantitative estimate of drug-likeness (QED) is 0.765. The van der Waals surface area contributed by atoms with Gasteiger partial charge in [0.1, 0.15) is 0 Å². The summed E-state index contributed by atoms with van der Waals surface area (Å²) in [5.74, 6) is 0.867. The van der Waals surface area contributed by atoms with Crippen molar-refractivity contribution in [3.05, 3.63) is 0 Å². The Morgan fingerprint density at radius 2 is 1.88 bits per heavy atom. The topological polar surface area (TPSA) is 32.5 Å². The average molecular weight is 225 g/mol. The van der Waals surface area contributed by atoms with Gasteiger partial charge in [0.05, 0.1) is 0 Å². The first-order valence-corrected chi connectivity index (χ1v) is 6.56. The van der Waals surface area contributed by atoms with Crippen LogP contribution >= 0.6 is 0 Å². The average Bonchev–Trinajstić information content (AvgIpc) is 2.17. The summed E-state index contributed by atoms with van der Waals surface area (Å²) in [6, 6.07) is 0. The van der Waals surface area contributed by atoms with Crippen LogP contribution in [0.4, 0.5) is 0 Å². The molecule has 0 unspecified atom stereocenters. The van der Waals surface area contributed by atoms with Crippen LogP contribution in [-0.2, 0) is 0 Å². The minimum Gasteiger partial charge on any atom is -0.329 e. The minimum atomic E-state index is 0.291. The molecule has 1 aliphatic carbocycles. The fourth-order valence-corrected chi connectivity index (χ4v) is 3.44. The van der Waals surface area contributed by atoms with E-state index in [1.54, 1.807) is 0 Å². The van der Waals surface area contributed by atoms with Gasteiger partial charge in [-0.15, -0.1) is 0 Å². The van der Waals surface area contributed by atoms with Crippen molar-refractivity contribution in [2.45, 2.75) is 44.7 Å². The van der Waals surface area contributed by atoms with Gasteiger partial charge in [-0.1, -0.05) is 6.92 Å². The zero-order chi connectivity index (χ0) is 12.0. The van der Waals surface area contributed by atoms with Gasteiger partial charge in [0, 0.05) is 37.3 Å². The molecule has 0 aromatic heterocycles. The molecular formula is C13H27N3. The number of rotatable bonds is 2. The standard InChI is InChI=1S/C13H27N3/c1-11-7-13(8-11,9-14)16-6-5-15(4)12(2,3)10-16/h11H,5-10,14H2,1-4H3. The van der Waals surface area contributed by atoms with E-state index in [-0.39, 0.29) is 0 Å². The molecule has 0 radical (unpaired) electrons. The van der Waals surface area contributed by atoms with Gasteiger partial charge in [0.2, 0.25) is 0 Å². The van der Waals surface area contributed by atoms with E-state index in [0.717, 1.165) is 19.0 Å². The SMILES string of the molecule is CC1CC(CN)(N2CCN(C)C(C)(C)C2)C1. The number of nitrogens with zero attached hydrogens (tertiary/aromatic N) is 2. The highest BCUT2D eigenvalue weighted by atomic mass is 15.3. The van der Waals surface area contributed by atoms with Crippen LogP contribution in [0.25, 0.3) is 0 Å². The number of hydrogen-bond acceptors (Lipinski definition) is 3. The summed E-state index contributed by atoms with van der Waals surface area (Å²) in [5.41, 5.74) is 6.65. The van der Waals surface area contributed by atoms with Gasteiger partial charge in [0.15, 0.2) is 0 Å². The van der Waals surface area contributed by atoms with Crippen LogP contribution in [-0.4, -0.2) is 54.1 Å². The van der Waals surface area contributed by atoms with Crippen molar-refractivity contribution in [1.29, 1.82) is 0 Å². The van der Waals surface area contributed by atoms with Crippen molar-refractivity contribution in [2.24, 2.45) is 11.7 Å². The maximum atomic E-state index is 6.03. The van der Waals surface area contributed by atoms with Gasteiger partial charge < -0.3 is 5.73 Å². The summed E-state index contributed by atoms with van der Waals surface area (Å²) in [7, 11) is 2.23. The van der Waals surface area contributed by atoms with Gasteiger partial charge in [-0.2, -0.15) is 0 Å². The molecule has 1 aliphatic heterocycles. The highest BCUT2D eigenvalue weighted by molar-refractivity contribution is 5.05. The Morgan fingerprint density at radius 1 is 1.25 bits per heavy atom. The molecule has 0 amide bonds. The van der Waals surface area contributed by atoms with Gasteiger partial charge >= 0.3 is 0 Å². The summed E-state index contributed by atoms with van der Waals surface area (Å²) in [6.07, 6.45) is 2.59. The molecule has 0 spiro atoms. The van der Waals surface area contributed by atoms with Gasteiger partial charge in [-0.25, -0.2) is 0 Å². The Hall–Kier alpha value is -0.120. The Labute approximate surface area is 100.0 Å². The van der Waals surface area contributed by atoms with Gasteiger partial charge in [-0.05, 0) is 39.7 Å². The van der Waals surface area contributed by atoms with E-state index in [2.05, 4.69) is 37.6 Å². The molecule has 2 fully saturated rings. The summed E-state index contributed by atoms with van der Waals surface area (Å²) in [4.78, 5) is 5.13. The predicted molar refractivity (Wildman–Crippen MR) is 68.5 cm³/mol. The number of hydrogen-bond donors (Lipinski definition) is 1. The zero-order valence-corrected chi connectivity index (χ0v) is 11.3. The minimum absolute atomic E-state index is 0.291. The van der Waals surface area contributed by atoms with Crippen molar-refractivity contribution in [3.8, 4) is 0 Å². The molecular weight excluding hydrogens is 198 g/mol. The molecule has 94 valence electrons.